The Hall–Kier alpha value is -1.04. The molecule has 1 aromatic carbocycles. The molecule has 0 saturated heterocycles. The molecule has 3 nitrogen and oxygen atoms in total. The van der Waals surface area contributed by atoms with Crippen molar-refractivity contribution in [1.82, 2.24) is 0 Å². The molecule has 1 atom stereocenters. The van der Waals surface area contributed by atoms with Crippen molar-refractivity contribution >= 4 is 27.3 Å². The molecule has 0 saturated carbocycles. The Bertz CT molecular complexity index is 583. The van der Waals surface area contributed by atoms with Gasteiger partial charge in [-0.15, -0.1) is 11.3 Å². The van der Waals surface area contributed by atoms with Crippen molar-refractivity contribution in [3.05, 3.63) is 44.6 Å². The zero-order chi connectivity index (χ0) is 15.2. The molecule has 2 N–H and O–H groups in total. The summed E-state index contributed by atoms with van der Waals surface area (Å²) in [5, 5.41) is 2.04. The predicted molar refractivity (Wildman–Crippen MR) is 91.3 cm³/mol. The first-order valence-electron chi connectivity index (χ1n) is 6.96. The molecule has 0 aliphatic rings. The van der Waals surface area contributed by atoms with Gasteiger partial charge in [-0.05, 0) is 65.3 Å². The second kappa shape index (κ2) is 7.82. The first-order chi connectivity index (χ1) is 10.1. The minimum Gasteiger partial charge on any atom is -0.490 e. The van der Waals surface area contributed by atoms with Crippen LogP contribution in [0.2, 0.25) is 0 Å². The summed E-state index contributed by atoms with van der Waals surface area (Å²) in [6.45, 7) is 5.11. The van der Waals surface area contributed by atoms with E-state index < -0.39 is 0 Å². The van der Waals surface area contributed by atoms with E-state index in [4.69, 9.17) is 15.2 Å². The van der Waals surface area contributed by atoms with Gasteiger partial charge in [-0.1, -0.05) is 6.07 Å². The molecule has 1 heterocycles. The van der Waals surface area contributed by atoms with Crippen LogP contribution in [0.5, 0.6) is 11.5 Å². The molecule has 0 radical (unpaired) electrons. The highest BCUT2D eigenvalue weighted by molar-refractivity contribution is 9.10. The molecule has 0 amide bonds. The molecule has 0 aliphatic heterocycles. The monoisotopic (exact) mass is 369 g/mol. The molecule has 2 aromatic rings. The van der Waals surface area contributed by atoms with Crippen LogP contribution >= 0.6 is 27.3 Å². The van der Waals surface area contributed by atoms with Crippen molar-refractivity contribution in [2.75, 3.05) is 6.61 Å². The standard InChI is InChI=1S/C16H20BrNO2S/c1-3-19-15-9-12(8-11(2)18)4-5-14(15)20-10-16-13(17)6-7-21-16/h4-7,9,11H,3,8,10,18H2,1-2H3. The molecule has 114 valence electrons. The smallest absolute Gasteiger partial charge is 0.161 e. The third kappa shape index (κ3) is 4.73. The Balaban J connectivity index is 2.12. The van der Waals surface area contributed by atoms with E-state index in [9.17, 15) is 0 Å². The molecule has 0 bridgehead atoms. The first-order valence-corrected chi connectivity index (χ1v) is 8.63. The second-order valence-corrected chi connectivity index (χ2v) is 6.73. The maximum Gasteiger partial charge on any atom is 0.161 e. The van der Waals surface area contributed by atoms with Crippen LogP contribution in [0.1, 0.15) is 24.3 Å². The molecule has 2 rings (SSSR count). The highest BCUT2D eigenvalue weighted by Crippen LogP contribution is 2.31. The van der Waals surface area contributed by atoms with Crippen molar-refractivity contribution < 1.29 is 9.47 Å². The number of ether oxygens (including phenoxy) is 2. The maximum absolute atomic E-state index is 5.90. The van der Waals surface area contributed by atoms with Gasteiger partial charge in [0.1, 0.15) is 6.61 Å². The highest BCUT2D eigenvalue weighted by Gasteiger charge is 2.09. The Morgan fingerprint density at radius 3 is 2.67 bits per heavy atom. The lowest BCUT2D eigenvalue weighted by atomic mass is 10.1. The molecule has 0 spiro atoms. The number of thiophene rings is 1. The van der Waals surface area contributed by atoms with Gasteiger partial charge in [-0.25, -0.2) is 0 Å². The van der Waals surface area contributed by atoms with Crippen molar-refractivity contribution in [1.29, 1.82) is 0 Å². The number of halogens is 1. The summed E-state index contributed by atoms with van der Waals surface area (Å²) in [5.74, 6) is 1.55. The number of nitrogens with two attached hydrogens (primary N) is 1. The molecular formula is C16H20BrNO2S. The fourth-order valence-electron chi connectivity index (χ4n) is 2.01. The van der Waals surface area contributed by atoms with Crippen LogP contribution in [0.25, 0.3) is 0 Å². The normalized spacial score (nSPS) is 12.2. The lowest BCUT2D eigenvalue weighted by Crippen LogP contribution is -2.17. The van der Waals surface area contributed by atoms with Crippen molar-refractivity contribution in [2.45, 2.75) is 32.9 Å². The Labute approximate surface area is 138 Å². The van der Waals surface area contributed by atoms with E-state index in [0.717, 1.165) is 32.8 Å². The zero-order valence-electron chi connectivity index (χ0n) is 12.3. The van der Waals surface area contributed by atoms with Crippen LogP contribution in [0.3, 0.4) is 0 Å². The minimum atomic E-state index is 0.133. The number of hydrogen-bond donors (Lipinski definition) is 1. The van der Waals surface area contributed by atoms with Crippen LogP contribution < -0.4 is 15.2 Å². The average Bonchev–Trinajstić information content (AvgIpc) is 2.83. The topological polar surface area (TPSA) is 44.5 Å². The average molecular weight is 370 g/mol. The quantitative estimate of drug-likeness (QED) is 0.787. The van der Waals surface area contributed by atoms with Crippen LogP contribution in [0.15, 0.2) is 34.1 Å². The predicted octanol–water partition coefficient (Wildman–Crippen LogP) is 4.38. The number of rotatable bonds is 7. The highest BCUT2D eigenvalue weighted by atomic mass is 79.9. The molecule has 0 fully saturated rings. The fourth-order valence-corrected chi connectivity index (χ4v) is 3.39. The van der Waals surface area contributed by atoms with Gasteiger partial charge >= 0.3 is 0 Å². The number of hydrogen-bond acceptors (Lipinski definition) is 4. The SMILES string of the molecule is CCOc1cc(CC(C)N)ccc1OCc1sccc1Br. The lowest BCUT2D eigenvalue weighted by molar-refractivity contribution is 0.270. The van der Waals surface area contributed by atoms with Gasteiger partial charge in [0, 0.05) is 10.5 Å². The van der Waals surface area contributed by atoms with Crippen molar-refractivity contribution in [3.63, 3.8) is 0 Å². The first kappa shape index (κ1) is 16.3. The van der Waals surface area contributed by atoms with Crippen LogP contribution in [0.4, 0.5) is 0 Å². The molecule has 1 unspecified atom stereocenters. The van der Waals surface area contributed by atoms with E-state index >= 15 is 0 Å². The van der Waals surface area contributed by atoms with Crippen LogP contribution in [0, 0.1) is 0 Å². The van der Waals surface area contributed by atoms with Gasteiger partial charge in [-0.2, -0.15) is 0 Å². The summed E-state index contributed by atoms with van der Waals surface area (Å²) < 4.78 is 12.7. The van der Waals surface area contributed by atoms with Crippen molar-refractivity contribution in [3.8, 4) is 11.5 Å². The molecular weight excluding hydrogens is 350 g/mol. The van der Waals surface area contributed by atoms with Crippen LogP contribution in [-0.2, 0) is 13.0 Å². The minimum absolute atomic E-state index is 0.133. The molecule has 21 heavy (non-hydrogen) atoms. The molecule has 0 aliphatic carbocycles. The summed E-state index contributed by atoms with van der Waals surface area (Å²) in [6.07, 6.45) is 0.830. The number of benzene rings is 1. The summed E-state index contributed by atoms with van der Waals surface area (Å²) in [7, 11) is 0. The van der Waals surface area contributed by atoms with Gasteiger partial charge in [0.05, 0.1) is 11.5 Å². The fraction of sp³-hybridized carbons (Fsp3) is 0.375. The van der Waals surface area contributed by atoms with E-state index in [1.807, 2.05) is 43.5 Å². The second-order valence-electron chi connectivity index (χ2n) is 4.88. The Morgan fingerprint density at radius 1 is 1.24 bits per heavy atom. The zero-order valence-corrected chi connectivity index (χ0v) is 14.7. The van der Waals surface area contributed by atoms with Gasteiger partial charge < -0.3 is 15.2 Å². The van der Waals surface area contributed by atoms with Gasteiger partial charge in [0.15, 0.2) is 11.5 Å². The summed E-state index contributed by atoms with van der Waals surface area (Å²) in [4.78, 5) is 1.16. The van der Waals surface area contributed by atoms with Crippen molar-refractivity contribution in [2.24, 2.45) is 5.73 Å². The lowest BCUT2D eigenvalue weighted by Gasteiger charge is -2.14. The summed E-state index contributed by atoms with van der Waals surface area (Å²) in [5.41, 5.74) is 7.02. The van der Waals surface area contributed by atoms with Gasteiger partial charge in [-0.3, -0.25) is 0 Å². The Kier molecular flexibility index (Phi) is 6.08. The molecule has 5 heteroatoms. The summed E-state index contributed by atoms with van der Waals surface area (Å²) >= 11 is 5.18. The Morgan fingerprint density at radius 2 is 2.05 bits per heavy atom. The maximum atomic E-state index is 5.90. The van der Waals surface area contributed by atoms with E-state index in [2.05, 4.69) is 15.9 Å². The van der Waals surface area contributed by atoms with E-state index in [1.54, 1.807) is 11.3 Å². The van der Waals surface area contributed by atoms with Gasteiger partial charge in [0.25, 0.3) is 0 Å². The third-order valence-corrected chi connectivity index (χ3v) is 4.82. The van der Waals surface area contributed by atoms with E-state index in [1.165, 1.54) is 0 Å². The molecule has 1 aromatic heterocycles. The largest absolute Gasteiger partial charge is 0.490 e. The van der Waals surface area contributed by atoms with Crippen LogP contribution in [-0.4, -0.2) is 12.6 Å². The van der Waals surface area contributed by atoms with E-state index in [0.29, 0.717) is 13.2 Å². The summed E-state index contributed by atoms with van der Waals surface area (Å²) in [6, 6.07) is 8.19. The van der Waals surface area contributed by atoms with E-state index in [-0.39, 0.29) is 6.04 Å². The van der Waals surface area contributed by atoms with Gasteiger partial charge in [0.2, 0.25) is 0 Å². The third-order valence-electron chi connectivity index (χ3n) is 2.92.